The first kappa shape index (κ1) is 88.8. The van der Waals surface area contributed by atoms with Crippen LogP contribution in [0.15, 0.2) is 145 Å². The molecule has 1 aliphatic heterocycles. The Labute approximate surface area is 613 Å². The van der Waals surface area contributed by atoms with Gasteiger partial charge in [-0.1, -0.05) is 414 Å². The predicted molar refractivity (Wildman–Crippen MR) is 424 cm³/mol. The van der Waals surface area contributed by atoms with Gasteiger partial charge in [-0.25, -0.2) is 4.70 Å². The van der Waals surface area contributed by atoms with E-state index < -0.39 is 0 Å². The van der Waals surface area contributed by atoms with Gasteiger partial charge in [0.1, 0.15) is 11.5 Å². The molecule has 1 aliphatic rings. The average molecular weight is 1420 g/mol. The second-order valence-electron chi connectivity index (χ2n) is 28.6. The number of rotatable bonds is 60. The van der Waals surface area contributed by atoms with Crippen molar-refractivity contribution in [2.24, 2.45) is 0 Å². The van der Waals surface area contributed by atoms with E-state index in [0.717, 1.165) is 49.9 Å². The summed E-state index contributed by atoms with van der Waals surface area (Å²) in [5, 5.41) is 17.3. The average Bonchev–Trinajstić information content (AvgIpc) is 1.61. The van der Waals surface area contributed by atoms with Gasteiger partial charge in [0, 0.05) is 42.7 Å². The van der Waals surface area contributed by atoms with Crippen molar-refractivity contribution < 1.29 is 35.3 Å². The summed E-state index contributed by atoms with van der Waals surface area (Å²) >= 11 is 0. The summed E-state index contributed by atoms with van der Waals surface area (Å²) in [6, 6.07) is 35.4. The molecule has 0 saturated carbocycles. The monoisotopic (exact) mass is 1420 g/mol. The fourth-order valence-electron chi connectivity index (χ4n) is 14.1. The van der Waals surface area contributed by atoms with Crippen LogP contribution in [-0.2, 0) is 33.3 Å². The number of phenols is 2. The predicted octanol–water partition coefficient (Wildman–Crippen LogP) is 31.0. The summed E-state index contributed by atoms with van der Waals surface area (Å²) in [5.74, 6) is 0.644. The van der Waals surface area contributed by atoms with E-state index in [1.807, 2.05) is 12.1 Å². The Hall–Kier alpha value is -4.30. The van der Waals surface area contributed by atoms with Crippen LogP contribution in [0.3, 0.4) is 0 Å². The van der Waals surface area contributed by atoms with Crippen LogP contribution in [0.4, 0.5) is 0 Å². The molecule has 0 radical (unpaired) electrons. The Morgan fingerprint density at radius 3 is 0.773 bits per heavy atom. The number of aryl methyl sites for hydroxylation is 2. The van der Waals surface area contributed by atoms with Crippen LogP contribution in [0.25, 0.3) is 16.9 Å². The Morgan fingerprint density at radius 1 is 0.268 bits per heavy atom. The third-order valence-electron chi connectivity index (χ3n) is 20.0. The molecule has 5 rings (SSSR count). The fourth-order valence-corrected chi connectivity index (χ4v) is 14.1. The van der Waals surface area contributed by atoms with Crippen LogP contribution >= 0.6 is 0 Å². The first-order valence-corrected chi connectivity index (χ1v) is 41.4. The van der Waals surface area contributed by atoms with Crippen molar-refractivity contribution in [3.8, 4) is 11.5 Å². The van der Waals surface area contributed by atoms with Crippen molar-refractivity contribution >= 4 is 11.4 Å². The van der Waals surface area contributed by atoms with Crippen molar-refractivity contribution in [1.29, 1.82) is 0 Å². The van der Waals surface area contributed by atoms with E-state index in [1.165, 1.54) is 354 Å². The van der Waals surface area contributed by atoms with Gasteiger partial charge in [-0.3, -0.25) is 0 Å². The number of nitrogens with zero attached hydrogens (tertiary/aromatic N) is 2. The molecule has 0 spiro atoms. The molecular weight excluding hydrogens is 1270 g/mol. The molecule has 5 heteroatoms. The number of unbranched alkanes of at least 4 members (excludes halogenated alkanes) is 47. The zero-order valence-corrected chi connectivity index (χ0v) is 65.0. The van der Waals surface area contributed by atoms with E-state index in [9.17, 15) is 5.53 Å². The van der Waals surface area contributed by atoms with Gasteiger partial charge in [0.05, 0.1) is 0 Å². The minimum Gasteiger partial charge on any atom is -0.508 e. The molecule has 4 nitrogen and oxygen atoms in total. The van der Waals surface area contributed by atoms with E-state index in [-0.39, 0.29) is 20.4 Å². The zero-order chi connectivity index (χ0) is 68.5. The molecule has 0 bridgehead atoms. The smallest absolute Gasteiger partial charge is 0.211 e. The zero-order valence-electron chi connectivity index (χ0n) is 63.4. The first-order chi connectivity index (χ1) is 47.5. The van der Waals surface area contributed by atoms with E-state index in [2.05, 4.69) is 101 Å². The minimum absolute atomic E-state index is 0. The summed E-state index contributed by atoms with van der Waals surface area (Å²) in [7, 11) is 0. The van der Waals surface area contributed by atoms with Gasteiger partial charge in [-0.15, -0.1) is 0 Å². The van der Waals surface area contributed by atoms with Crippen LogP contribution in [0.5, 0.6) is 11.5 Å². The minimum atomic E-state index is 0. The van der Waals surface area contributed by atoms with Crippen molar-refractivity contribution in [3.05, 3.63) is 172 Å². The second-order valence-corrected chi connectivity index (χ2v) is 28.6. The maximum atomic E-state index is 12.6. The van der Waals surface area contributed by atoms with E-state index >= 15 is 0 Å². The summed E-state index contributed by atoms with van der Waals surface area (Å²) in [6.07, 6.45) is 86.1. The standard InChI is InChI=1S/C80H136N2.2C6H6O.Pd/c1-5-9-12-15-18-20-22-24-26-28-30-32-34-36-38-40-42-44-46-48-50-52-54-56-59-66-73-68-62-64-70-76(73)79-75(8-4)78(72-61-58-17-14-11-7-3)80(82(79)81)77-71-65-63-69-74(77)67-60-57-55-53-51-49-47-45-43-41-39-37-35-33-31-29-27-25-23-21-19-16-13-10-6-2;2*7-6-4-2-1-3-5-6;/h54-57,62-65,68-71H,5-53,58-61,66-67,72H2,1-4H3;2*1-5,7H;. The number of phenolic OH excluding ortho intramolecular Hbond substituents is 2. The molecule has 548 valence electrons. The molecule has 97 heavy (non-hydrogen) atoms. The third kappa shape index (κ3) is 46.7. The summed E-state index contributed by atoms with van der Waals surface area (Å²) in [5.41, 5.74) is 22.5. The summed E-state index contributed by atoms with van der Waals surface area (Å²) < 4.78 is 1.63. The molecule has 4 aromatic rings. The number of aromatic hydroxyl groups is 2. The van der Waals surface area contributed by atoms with Crippen molar-refractivity contribution in [3.63, 3.8) is 0 Å². The van der Waals surface area contributed by atoms with E-state index in [4.69, 9.17) is 10.2 Å². The molecule has 1 heterocycles. The summed E-state index contributed by atoms with van der Waals surface area (Å²) in [6.45, 7) is 9.23. The number of hydrogen-bond donors (Lipinski definition) is 2. The van der Waals surface area contributed by atoms with Crippen LogP contribution in [0, 0.1) is 0 Å². The maximum absolute atomic E-state index is 12.6. The SMILES string of the molecule is CCCCCCCCCCCCCCCCCCCCCCCC=CCCc1ccccc1C1=C(CC)C(CCCCCCCC)=C(c2ccccc2CCC=CCCCCCCCCCCCCCCCCCCCCCCC)[N+]1=[N-].Oc1ccccc1.Oc1ccccc1.[Pd]. The van der Waals surface area contributed by atoms with Gasteiger partial charge in [0.2, 0.25) is 11.4 Å². The van der Waals surface area contributed by atoms with Gasteiger partial charge >= 0.3 is 0 Å². The van der Waals surface area contributed by atoms with E-state index in [1.54, 1.807) is 53.2 Å². The van der Waals surface area contributed by atoms with Crippen LogP contribution in [0.1, 0.15) is 397 Å². The summed E-state index contributed by atoms with van der Waals surface area (Å²) in [4.78, 5) is 0. The Bertz CT molecular complexity index is 2490. The molecule has 0 unspecified atom stereocenters. The number of hydrogen-bond acceptors (Lipinski definition) is 2. The van der Waals surface area contributed by atoms with Crippen molar-refractivity contribution in [2.45, 2.75) is 387 Å². The first-order valence-electron chi connectivity index (χ1n) is 41.4. The van der Waals surface area contributed by atoms with E-state index in [0.29, 0.717) is 11.5 Å². The number of para-hydroxylation sites is 2. The molecule has 0 saturated heterocycles. The quantitative estimate of drug-likeness (QED) is 0.0200. The Kier molecular flexibility index (Phi) is 60.7. The van der Waals surface area contributed by atoms with Crippen molar-refractivity contribution in [2.75, 3.05) is 0 Å². The Morgan fingerprint density at radius 2 is 0.505 bits per heavy atom. The topological polar surface area (TPSA) is 65.8 Å². The van der Waals surface area contributed by atoms with Crippen LogP contribution in [-0.4, -0.2) is 14.9 Å². The maximum Gasteiger partial charge on any atom is 0.211 e. The largest absolute Gasteiger partial charge is 0.508 e. The van der Waals surface area contributed by atoms with Gasteiger partial charge < -0.3 is 15.7 Å². The molecule has 0 amide bonds. The third-order valence-corrected chi connectivity index (χ3v) is 20.0. The molecule has 0 atom stereocenters. The normalized spacial score (nSPS) is 12.2. The molecule has 2 N–H and O–H groups in total. The Balaban J connectivity index is 0.00000188. The number of benzene rings is 4. The number of allylic oxidation sites excluding steroid dienone is 6. The molecule has 0 fully saturated rings. The fraction of sp³-hybridized carbons (Fsp3) is 0.652. The molecule has 0 aliphatic carbocycles. The van der Waals surface area contributed by atoms with Gasteiger partial charge in [-0.2, -0.15) is 0 Å². The molecular formula is C92H148N2O2Pd. The van der Waals surface area contributed by atoms with Crippen molar-refractivity contribution in [1.82, 2.24) is 0 Å². The second kappa shape index (κ2) is 66.3. The van der Waals surface area contributed by atoms with Crippen LogP contribution in [0.2, 0.25) is 0 Å². The van der Waals surface area contributed by atoms with Gasteiger partial charge in [0.25, 0.3) is 0 Å². The van der Waals surface area contributed by atoms with Crippen LogP contribution < -0.4 is 0 Å². The van der Waals surface area contributed by atoms with Gasteiger partial charge in [-0.05, 0) is 118 Å². The molecule has 0 aromatic heterocycles. The molecule has 4 aromatic carbocycles. The van der Waals surface area contributed by atoms with Gasteiger partial charge in [0.15, 0.2) is 0 Å².